The van der Waals surface area contributed by atoms with Crippen LogP contribution in [0.25, 0.3) is 11.4 Å². The summed E-state index contributed by atoms with van der Waals surface area (Å²) in [6.45, 7) is 5.00. The molecule has 2 aromatic rings. The van der Waals surface area contributed by atoms with Crippen LogP contribution in [0.1, 0.15) is 13.8 Å². The average molecular weight is 332 g/mol. The normalized spacial score (nSPS) is 22.9. The second kappa shape index (κ2) is 6.35. The minimum Gasteiger partial charge on any atom is -0.311 e. The molecule has 2 unspecified atom stereocenters. The first-order valence-corrected chi connectivity index (χ1v) is 9.07. The van der Waals surface area contributed by atoms with E-state index in [1.54, 1.807) is 0 Å². The number of nitrogens with zero attached hydrogens (tertiary/aromatic N) is 3. The highest BCUT2D eigenvalue weighted by molar-refractivity contribution is 7.89. The first-order chi connectivity index (χ1) is 11.0. The maximum atomic E-state index is 12.8. The first kappa shape index (κ1) is 16.0. The second-order valence-electron chi connectivity index (χ2n) is 5.71. The number of rotatable bonds is 3. The molecule has 1 aromatic carbocycles. The Balaban J connectivity index is 1.89. The lowest BCUT2D eigenvalue weighted by Crippen LogP contribution is -2.57. The molecule has 0 saturated carbocycles. The standard InChI is InChI=1S/C16H20N4O2S/c1-12-13(2)20(9-8-17-12)23(21,22)15-10-18-16(19-11-15)14-6-4-3-5-7-14/h3-7,10-13,17H,8-9H2,1-2H3. The molecule has 6 nitrogen and oxygen atoms in total. The van der Waals surface area contributed by atoms with E-state index in [1.807, 2.05) is 44.2 Å². The number of benzene rings is 1. The van der Waals surface area contributed by atoms with Gasteiger partial charge in [-0.15, -0.1) is 0 Å². The van der Waals surface area contributed by atoms with Crippen LogP contribution in [0, 0.1) is 0 Å². The van der Waals surface area contributed by atoms with Crippen LogP contribution < -0.4 is 5.32 Å². The van der Waals surface area contributed by atoms with E-state index in [0.29, 0.717) is 18.9 Å². The van der Waals surface area contributed by atoms with Crippen LogP contribution >= 0.6 is 0 Å². The fourth-order valence-corrected chi connectivity index (χ4v) is 4.28. The van der Waals surface area contributed by atoms with Crippen LogP contribution in [-0.4, -0.2) is 47.9 Å². The van der Waals surface area contributed by atoms with Gasteiger partial charge in [0.25, 0.3) is 0 Å². The van der Waals surface area contributed by atoms with Crippen LogP contribution in [0.15, 0.2) is 47.6 Å². The Morgan fingerprint density at radius 3 is 2.43 bits per heavy atom. The van der Waals surface area contributed by atoms with E-state index in [4.69, 9.17) is 0 Å². The Labute approximate surface area is 136 Å². The predicted octanol–water partition coefficient (Wildman–Crippen LogP) is 1.51. The van der Waals surface area contributed by atoms with Gasteiger partial charge in [0.2, 0.25) is 10.0 Å². The molecule has 23 heavy (non-hydrogen) atoms. The van der Waals surface area contributed by atoms with E-state index >= 15 is 0 Å². The molecular weight excluding hydrogens is 312 g/mol. The summed E-state index contributed by atoms with van der Waals surface area (Å²) in [5.41, 5.74) is 0.862. The van der Waals surface area contributed by atoms with Crippen molar-refractivity contribution in [2.45, 2.75) is 30.8 Å². The van der Waals surface area contributed by atoms with Crippen molar-refractivity contribution < 1.29 is 8.42 Å². The molecular formula is C16H20N4O2S. The van der Waals surface area contributed by atoms with Gasteiger partial charge in [0, 0.05) is 30.7 Å². The van der Waals surface area contributed by atoms with Crippen molar-refractivity contribution >= 4 is 10.0 Å². The molecule has 3 rings (SSSR count). The van der Waals surface area contributed by atoms with Crippen molar-refractivity contribution in [3.8, 4) is 11.4 Å². The molecule has 122 valence electrons. The number of hydrogen-bond donors (Lipinski definition) is 1. The summed E-state index contributed by atoms with van der Waals surface area (Å²) in [4.78, 5) is 8.58. The highest BCUT2D eigenvalue weighted by atomic mass is 32.2. The fraction of sp³-hybridized carbons (Fsp3) is 0.375. The molecule has 2 atom stereocenters. The van der Waals surface area contributed by atoms with Crippen LogP contribution in [0.2, 0.25) is 0 Å². The summed E-state index contributed by atoms with van der Waals surface area (Å²) in [6.07, 6.45) is 2.79. The van der Waals surface area contributed by atoms with Gasteiger partial charge in [-0.2, -0.15) is 4.31 Å². The van der Waals surface area contributed by atoms with Gasteiger partial charge in [-0.05, 0) is 13.8 Å². The topological polar surface area (TPSA) is 75.2 Å². The van der Waals surface area contributed by atoms with E-state index in [1.165, 1.54) is 16.7 Å². The van der Waals surface area contributed by atoms with Crippen molar-refractivity contribution in [3.63, 3.8) is 0 Å². The van der Waals surface area contributed by atoms with E-state index in [2.05, 4.69) is 15.3 Å². The molecule has 0 amide bonds. The summed E-state index contributed by atoms with van der Waals surface area (Å²) in [5, 5.41) is 3.28. The SMILES string of the molecule is CC1NCCN(S(=O)(=O)c2cnc(-c3ccccc3)nc2)C1C. The lowest BCUT2D eigenvalue weighted by atomic mass is 10.1. The quantitative estimate of drug-likeness (QED) is 0.922. The molecule has 1 fully saturated rings. The molecule has 1 aromatic heterocycles. The third-order valence-corrected chi connectivity index (χ3v) is 6.18. The van der Waals surface area contributed by atoms with E-state index in [9.17, 15) is 8.42 Å². The van der Waals surface area contributed by atoms with E-state index < -0.39 is 10.0 Å². The largest absolute Gasteiger partial charge is 0.311 e. The Hall–Kier alpha value is -1.83. The zero-order valence-electron chi connectivity index (χ0n) is 13.2. The lowest BCUT2D eigenvalue weighted by molar-refractivity contribution is 0.232. The van der Waals surface area contributed by atoms with Gasteiger partial charge in [-0.25, -0.2) is 18.4 Å². The monoisotopic (exact) mass is 332 g/mol. The molecule has 0 spiro atoms. The van der Waals surface area contributed by atoms with E-state index in [0.717, 1.165) is 5.56 Å². The Bertz CT molecular complexity index is 762. The fourth-order valence-electron chi connectivity index (χ4n) is 2.69. The number of piperazine rings is 1. The molecule has 2 heterocycles. The van der Waals surface area contributed by atoms with Crippen molar-refractivity contribution in [2.24, 2.45) is 0 Å². The number of nitrogens with one attached hydrogen (secondary N) is 1. The summed E-state index contributed by atoms with van der Waals surface area (Å²) >= 11 is 0. The summed E-state index contributed by atoms with van der Waals surface area (Å²) in [7, 11) is -3.57. The lowest BCUT2D eigenvalue weighted by Gasteiger charge is -2.37. The number of sulfonamides is 1. The number of hydrogen-bond acceptors (Lipinski definition) is 5. The Morgan fingerprint density at radius 1 is 1.13 bits per heavy atom. The van der Waals surface area contributed by atoms with Gasteiger partial charge in [0.15, 0.2) is 5.82 Å². The first-order valence-electron chi connectivity index (χ1n) is 7.63. The van der Waals surface area contributed by atoms with Crippen molar-refractivity contribution in [1.29, 1.82) is 0 Å². The van der Waals surface area contributed by atoms with Crippen molar-refractivity contribution in [2.75, 3.05) is 13.1 Å². The maximum absolute atomic E-state index is 12.8. The van der Waals surface area contributed by atoms with Gasteiger partial charge in [-0.3, -0.25) is 0 Å². The highest BCUT2D eigenvalue weighted by Crippen LogP contribution is 2.21. The highest BCUT2D eigenvalue weighted by Gasteiger charge is 2.34. The smallest absolute Gasteiger partial charge is 0.246 e. The molecule has 1 aliphatic heterocycles. The third-order valence-electron chi connectivity index (χ3n) is 4.24. The molecule has 0 bridgehead atoms. The van der Waals surface area contributed by atoms with Crippen molar-refractivity contribution in [3.05, 3.63) is 42.7 Å². The summed E-state index contributed by atoms with van der Waals surface area (Å²) < 4.78 is 27.1. The van der Waals surface area contributed by atoms with Crippen LogP contribution in [0.5, 0.6) is 0 Å². The molecule has 1 aliphatic rings. The van der Waals surface area contributed by atoms with Crippen LogP contribution in [-0.2, 0) is 10.0 Å². The summed E-state index contributed by atoms with van der Waals surface area (Å²) in [5.74, 6) is 0.520. The van der Waals surface area contributed by atoms with Crippen LogP contribution in [0.4, 0.5) is 0 Å². The van der Waals surface area contributed by atoms with Gasteiger partial charge in [0.1, 0.15) is 4.90 Å². The average Bonchev–Trinajstić information content (AvgIpc) is 2.58. The zero-order valence-corrected chi connectivity index (χ0v) is 14.0. The number of aromatic nitrogens is 2. The molecule has 1 N–H and O–H groups in total. The predicted molar refractivity (Wildman–Crippen MR) is 88.3 cm³/mol. The van der Waals surface area contributed by atoms with Gasteiger partial charge < -0.3 is 5.32 Å². The van der Waals surface area contributed by atoms with Gasteiger partial charge in [0.05, 0.1) is 12.4 Å². The maximum Gasteiger partial charge on any atom is 0.246 e. The van der Waals surface area contributed by atoms with E-state index in [-0.39, 0.29) is 17.0 Å². The second-order valence-corrected chi connectivity index (χ2v) is 7.60. The Morgan fingerprint density at radius 2 is 1.78 bits per heavy atom. The third kappa shape index (κ3) is 3.12. The van der Waals surface area contributed by atoms with Crippen molar-refractivity contribution in [1.82, 2.24) is 19.6 Å². The Kier molecular flexibility index (Phi) is 4.43. The molecule has 7 heteroatoms. The van der Waals surface area contributed by atoms with Crippen LogP contribution in [0.3, 0.4) is 0 Å². The molecule has 0 aliphatic carbocycles. The zero-order chi connectivity index (χ0) is 16.4. The minimum atomic E-state index is -3.57. The summed E-state index contributed by atoms with van der Waals surface area (Å²) in [6, 6.07) is 9.49. The minimum absolute atomic E-state index is 0.109. The molecule has 0 radical (unpaired) electrons. The van der Waals surface area contributed by atoms with Gasteiger partial charge in [-0.1, -0.05) is 30.3 Å². The van der Waals surface area contributed by atoms with Gasteiger partial charge >= 0.3 is 0 Å². The molecule has 1 saturated heterocycles.